The Labute approximate surface area is 95.9 Å². The van der Waals surface area contributed by atoms with Gasteiger partial charge in [-0.15, -0.1) is 0 Å². The van der Waals surface area contributed by atoms with E-state index in [1.807, 2.05) is 37.3 Å². The van der Waals surface area contributed by atoms with Gasteiger partial charge in [0.15, 0.2) is 0 Å². The minimum absolute atomic E-state index is 0.0985. The topological polar surface area (TPSA) is 46.2 Å². The first-order valence-corrected chi connectivity index (χ1v) is 5.35. The Kier molecular flexibility index (Phi) is 4.23. The molecule has 1 rings (SSSR count). The number of ketones is 1. The number of benzene rings is 1. The molecule has 0 heterocycles. The summed E-state index contributed by atoms with van der Waals surface area (Å²) in [5.41, 5.74) is 1.01. The van der Waals surface area contributed by atoms with Crippen molar-refractivity contribution in [1.29, 1.82) is 0 Å². The van der Waals surface area contributed by atoms with Gasteiger partial charge in [-0.2, -0.15) is 0 Å². The van der Waals surface area contributed by atoms with Crippen LogP contribution in [0, 0.1) is 5.92 Å². The van der Waals surface area contributed by atoms with E-state index in [1.54, 1.807) is 7.05 Å². The van der Waals surface area contributed by atoms with E-state index in [1.165, 1.54) is 6.92 Å². The first-order chi connectivity index (χ1) is 7.57. The molecule has 3 heteroatoms. The fourth-order valence-electron chi connectivity index (χ4n) is 1.87. The van der Waals surface area contributed by atoms with Crippen molar-refractivity contribution in [2.75, 3.05) is 7.05 Å². The van der Waals surface area contributed by atoms with Crippen molar-refractivity contribution in [3.05, 3.63) is 35.9 Å². The predicted molar refractivity (Wildman–Crippen MR) is 63.1 cm³/mol. The van der Waals surface area contributed by atoms with Gasteiger partial charge in [-0.3, -0.25) is 9.59 Å². The smallest absolute Gasteiger partial charge is 0.230 e. The number of rotatable bonds is 4. The molecule has 0 aliphatic heterocycles. The van der Waals surface area contributed by atoms with Gasteiger partial charge in [-0.25, -0.2) is 0 Å². The Morgan fingerprint density at radius 2 is 1.75 bits per heavy atom. The van der Waals surface area contributed by atoms with Crippen LogP contribution in [0.15, 0.2) is 30.3 Å². The van der Waals surface area contributed by atoms with E-state index in [0.717, 1.165) is 5.56 Å². The zero-order chi connectivity index (χ0) is 12.1. The largest absolute Gasteiger partial charge is 0.359 e. The Morgan fingerprint density at radius 3 is 2.19 bits per heavy atom. The molecule has 1 N–H and O–H groups in total. The predicted octanol–water partition coefficient (Wildman–Crippen LogP) is 1.74. The van der Waals surface area contributed by atoms with E-state index < -0.39 is 5.92 Å². The van der Waals surface area contributed by atoms with Crippen LogP contribution in [0.4, 0.5) is 0 Å². The van der Waals surface area contributed by atoms with Crippen LogP contribution >= 0.6 is 0 Å². The molecular weight excluding hydrogens is 202 g/mol. The quantitative estimate of drug-likeness (QED) is 0.784. The molecule has 1 aromatic carbocycles. The Hall–Kier alpha value is -1.64. The molecule has 0 radical (unpaired) electrons. The summed E-state index contributed by atoms with van der Waals surface area (Å²) in [5, 5.41) is 2.54. The molecule has 1 aromatic rings. The normalized spacial score (nSPS) is 13.9. The summed E-state index contributed by atoms with van der Waals surface area (Å²) in [6.07, 6.45) is 0. The van der Waals surface area contributed by atoms with Gasteiger partial charge in [0.2, 0.25) is 5.91 Å². The molecule has 1 amide bonds. The highest BCUT2D eigenvalue weighted by molar-refractivity contribution is 6.01. The SMILES string of the molecule is CNC(=O)C(C(C)=O)C(C)c1ccccc1. The van der Waals surface area contributed by atoms with Crippen molar-refractivity contribution in [1.82, 2.24) is 5.32 Å². The Morgan fingerprint density at radius 1 is 1.19 bits per heavy atom. The summed E-state index contributed by atoms with van der Waals surface area (Å²) in [6, 6.07) is 9.60. The maximum absolute atomic E-state index is 11.6. The van der Waals surface area contributed by atoms with Crippen LogP contribution in [0.25, 0.3) is 0 Å². The number of nitrogens with one attached hydrogen (secondary N) is 1. The zero-order valence-electron chi connectivity index (χ0n) is 9.86. The lowest BCUT2D eigenvalue weighted by Gasteiger charge is -2.20. The maximum atomic E-state index is 11.6. The van der Waals surface area contributed by atoms with Crippen molar-refractivity contribution in [3.63, 3.8) is 0 Å². The highest BCUT2D eigenvalue weighted by Crippen LogP contribution is 2.24. The van der Waals surface area contributed by atoms with Crippen molar-refractivity contribution in [3.8, 4) is 0 Å². The van der Waals surface area contributed by atoms with Gasteiger partial charge in [0, 0.05) is 7.05 Å². The van der Waals surface area contributed by atoms with Gasteiger partial charge in [0.05, 0.1) is 0 Å². The summed E-state index contributed by atoms with van der Waals surface area (Å²) < 4.78 is 0. The third-order valence-electron chi connectivity index (χ3n) is 2.79. The number of carbonyl (C=O) groups is 2. The second-order valence-corrected chi connectivity index (χ2v) is 3.90. The van der Waals surface area contributed by atoms with Crippen LogP contribution in [0.2, 0.25) is 0 Å². The average molecular weight is 219 g/mol. The lowest BCUT2D eigenvalue weighted by atomic mass is 9.84. The average Bonchev–Trinajstić information content (AvgIpc) is 2.29. The lowest BCUT2D eigenvalue weighted by Crippen LogP contribution is -2.35. The molecule has 2 atom stereocenters. The Bertz CT molecular complexity index is 373. The van der Waals surface area contributed by atoms with Gasteiger partial charge < -0.3 is 5.32 Å². The number of hydrogen-bond acceptors (Lipinski definition) is 2. The summed E-state index contributed by atoms with van der Waals surface area (Å²) in [5.74, 6) is -1.02. The highest BCUT2D eigenvalue weighted by Gasteiger charge is 2.29. The first-order valence-electron chi connectivity index (χ1n) is 5.35. The summed E-state index contributed by atoms with van der Waals surface area (Å²) >= 11 is 0. The minimum atomic E-state index is -0.604. The number of Topliss-reactive ketones (excluding diaryl/α,β-unsaturated/α-hetero) is 1. The molecule has 2 unspecified atom stereocenters. The molecule has 86 valence electrons. The van der Waals surface area contributed by atoms with Gasteiger partial charge in [0.25, 0.3) is 0 Å². The molecule has 0 bridgehead atoms. The monoisotopic (exact) mass is 219 g/mol. The van der Waals surface area contributed by atoms with E-state index in [9.17, 15) is 9.59 Å². The number of carbonyl (C=O) groups excluding carboxylic acids is 2. The van der Waals surface area contributed by atoms with Crippen molar-refractivity contribution < 1.29 is 9.59 Å². The molecule has 16 heavy (non-hydrogen) atoms. The first kappa shape index (κ1) is 12.4. The minimum Gasteiger partial charge on any atom is -0.359 e. The molecule has 0 fully saturated rings. The molecule has 3 nitrogen and oxygen atoms in total. The fourth-order valence-corrected chi connectivity index (χ4v) is 1.87. The van der Waals surface area contributed by atoms with Crippen LogP contribution in [-0.4, -0.2) is 18.7 Å². The molecule has 0 saturated heterocycles. The van der Waals surface area contributed by atoms with Gasteiger partial charge in [-0.05, 0) is 18.4 Å². The van der Waals surface area contributed by atoms with E-state index in [-0.39, 0.29) is 17.6 Å². The summed E-state index contributed by atoms with van der Waals surface area (Å²) in [7, 11) is 1.55. The van der Waals surface area contributed by atoms with Crippen molar-refractivity contribution >= 4 is 11.7 Å². The molecular formula is C13H17NO2. The third kappa shape index (κ3) is 2.69. The second kappa shape index (κ2) is 5.45. The molecule has 0 aliphatic carbocycles. The zero-order valence-corrected chi connectivity index (χ0v) is 9.86. The fraction of sp³-hybridized carbons (Fsp3) is 0.385. The summed E-state index contributed by atoms with van der Waals surface area (Å²) in [4.78, 5) is 23.1. The van der Waals surface area contributed by atoms with E-state index in [0.29, 0.717) is 0 Å². The van der Waals surface area contributed by atoms with Crippen molar-refractivity contribution in [2.45, 2.75) is 19.8 Å². The Balaban J connectivity index is 2.96. The van der Waals surface area contributed by atoms with E-state index in [2.05, 4.69) is 5.32 Å². The molecule has 0 aliphatic rings. The maximum Gasteiger partial charge on any atom is 0.230 e. The van der Waals surface area contributed by atoms with Gasteiger partial charge in [-0.1, -0.05) is 37.3 Å². The van der Waals surface area contributed by atoms with E-state index >= 15 is 0 Å². The van der Waals surface area contributed by atoms with Crippen LogP contribution < -0.4 is 5.32 Å². The lowest BCUT2D eigenvalue weighted by molar-refractivity contribution is -0.133. The van der Waals surface area contributed by atoms with Crippen LogP contribution in [0.1, 0.15) is 25.3 Å². The van der Waals surface area contributed by atoms with Gasteiger partial charge >= 0.3 is 0 Å². The van der Waals surface area contributed by atoms with E-state index in [4.69, 9.17) is 0 Å². The number of amides is 1. The van der Waals surface area contributed by atoms with Gasteiger partial charge in [0.1, 0.15) is 11.7 Å². The molecule has 0 saturated carbocycles. The van der Waals surface area contributed by atoms with Crippen molar-refractivity contribution in [2.24, 2.45) is 5.92 Å². The number of hydrogen-bond donors (Lipinski definition) is 1. The van der Waals surface area contributed by atoms with Crippen LogP contribution in [-0.2, 0) is 9.59 Å². The second-order valence-electron chi connectivity index (χ2n) is 3.90. The van der Waals surface area contributed by atoms with Crippen LogP contribution in [0.5, 0.6) is 0 Å². The third-order valence-corrected chi connectivity index (χ3v) is 2.79. The standard InChI is InChI=1S/C13H17NO2/c1-9(11-7-5-4-6-8-11)12(10(2)15)13(16)14-3/h4-9,12H,1-3H3,(H,14,16). The highest BCUT2D eigenvalue weighted by atomic mass is 16.2. The van der Waals surface area contributed by atoms with Crippen LogP contribution in [0.3, 0.4) is 0 Å². The molecule has 0 spiro atoms. The molecule has 0 aromatic heterocycles. The summed E-state index contributed by atoms with van der Waals surface area (Å²) in [6.45, 7) is 3.36.